The van der Waals surface area contributed by atoms with Gasteiger partial charge in [0, 0.05) is 25.6 Å². The largest absolute Gasteiger partial charge is 0.331 e. The molecular weight excluding hydrogens is 310 g/mol. The fraction of sp³-hybridized carbons (Fsp3) is 0.529. The molecule has 0 spiro atoms. The number of anilines is 1. The molecule has 1 aromatic carbocycles. The second kappa shape index (κ2) is 6.59. The van der Waals surface area contributed by atoms with Crippen molar-refractivity contribution in [1.82, 2.24) is 4.90 Å². The van der Waals surface area contributed by atoms with Crippen LogP contribution in [0.15, 0.2) is 18.2 Å². The molecule has 0 bridgehead atoms. The monoisotopic (exact) mass is 331 g/mol. The summed E-state index contributed by atoms with van der Waals surface area (Å²) in [6, 6.07) is 4.38. The first kappa shape index (κ1) is 16.4. The van der Waals surface area contributed by atoms with E-state index in [1.807, 2.05) is 6.92 Å². The highest BCUT2D eigenvalue weighted by Crippen LogP contribution is 2.35. The van der Waals surface area contributed by atoms with E-state index in [9.17, 15) is 19.7 Å². The molecule has 0 radical (unpaired) electrons. The van der Waals surface area contributed by atoms with Crippen molar-refractivity contribution in [3.63, 3.8) is 0 Å². The molecule has 0 aliphatic carbocycles. The lowest BCUT2D eigenvalue weighted by Gasteiger charge is -2.35. The minimum atomic E-state index is -0.481. The summed E-state index contributed by atoms with van der Waals surface area (Å²) in [4.78, 5) is 39.2. The summed E-state index contributed by atoms with van der Waals surface area (Å²) in [6.45, 7) is 3.04. The second-order valence-corrected chi connectivity index (χ2v) is 6.24. The zero-order valence-electron chi connectivity index (χ0n) is 13.7. The van der Waals surface area contributed by atoms with Gasteiger partial charge in [0.1, 0.15) is 6.04 Å². The van der Waals surface area contributed by atoms with Crippen molar-refractivity contribution < 1.29 is 14.5 Å². The molecule has 24 heavy (non-hydrogen) atoms. The maximum absolute atomic E-state index is 13.1. The van der Waals surface area contributed by atoms with Crippen LogP contribution in [0.2, 0.25) is 0 Å². The molecule has 3 rings (SSSR count). The third-order valence-electron chi connectivity index (χ3n) is 4.85. The first-order valence-corrected chi connectivity index (χ1v) is 8.41. The quantitative estimate of drug-likeness (QED) is 0.626. The Balaban J connectivity index is 1.93. The summed E-state index contributed by atoms with van der Waals surface area (Å²) >= 11 is 0. The van der Waals surface area contributed by atoms with E-state index in [0.717, 1.165) is 6.42 Å². The SMILES string of the molecule is CC[C@H](C(=O)N1CCCc2c1cccc2[N+](=O)[O-])N1CCCC1=O. The van der Waals surface area contributed by atoms with Crippen LogP contribution in [0, 0.1) is 10.1 Å². The van der Waals surface area contributed by atoms with Crippen molar-refractivity contribution in [3.05, 3.63) is 33.9 Å². The number of benzene rings is 1. The Morgan fingerprint density at radius 3 is 2.67 bits per heavy atom. The van der Waals surface area contributed by atoms with Gasteiger partial charge >= 0.3 is 0 Å². The van der Waals surface area contributed by atoms with Crippen molar-refractivity contribution in [1.29, 1.82) is 0 Å². The Bertz CT molecular complexity index is 688. The molecule has 0 unspecified atom stereocenters. The molecule has 1 atom stereocenters. The van der Waals surface area contributed by atoms with Gasteiger partial charge in [-0.25, -0.2) is 0 Å². The average Bonchev–Trinajstić information content (AvgIpc) is 3.00. The summed E-state index contributed by atoms with van der Waals surface area (Å²) in [6.07, 6.45) is 3.10. The lowest BCUT2D eigenvalue weighted by Crippen LogP contribution is -2.50. The molecule has 7 heteroatoms. The van der Waals surface area contributed by atoms with Gasteiger partial charge in [-0.15, -0.1) is 0 Å². The Hall–Kier alpha value is -2.44. The predicted octanol–water partition coefficient (Wildman–Crippen LogP) is 2.28. The molecule has 2 amide bonds. The Morgan fingerprint density at radius 1 is 1.29 bits per heavy atom. The number of amides is 2. The molecule has 1 aromatic rings. The molecule has 0 saturated carbocycles. The van der Waals surface area contributed by atoms with E-state index in [-0.39, 0.29) is 17.5 Å². The summed E-state index contributed by atoms with van der Waals surface area (Å²) in [5, 5.41) is 11.2. The Labute approximate surface area is 140 Å². The number of hydrogen-bond donors (Lipinski definition) is 0. The topological polar surface area (TPSA) is 83.8 Å². The molecule has 1 saturated heterocycles. The maximum Gasteiger partial charge on any atom is 0.274 e. The van der Waals surface area contributed by atoms with Gasteiger partial charge in [0.25, 0.3) is 5.69 Å². The van der Waals surface area contributed by atoms with Crippen molar-refractivity contribution in [3.8, 4) is 0 Å². The van der Waals surface area contributed by atoms with Gasteiger partial charge in [-0.3, -0.25) is 19.7 Å². The van der Waals surface area contributed by atoms with E-state index in [4.69, 9.17) is 0 Å². The first-order chi connectivity index (χ1) is 11.5. The normalized spacial score (nSPS) is 18.5. The zero-order chi connectivity index (χ0) is 17.3. The number of nitro benzene ring substituents is 1. The molecule has 0 N–H and O–H groups in total. The van der Waals surface area contributed by atoms with Crippen LogP contribution in [-0.2, 0) is 16.0 Å². The first-order valence-electron chi connectivity index (χ1n) is 8.41. The molecule has 2 aliphatic heterocycles. The van der Waals surface area contributed by atoms with E-state index in [0.29, 0.717) is 50.0 Å². The van der Waals surface area contributed by atoms with Crippen LogP contribution in [0.5, 0.6) is 0 Å². The summed E-state index contributed by atoms with van der Waals surface area (Å²) in [5.41, 5.74) is 1.30. The number of nitrogens with zero attached hydrogens (tertiary/aromatic N) is 3. The van der Waals surface area contributed by atoms with Crippen molar-refractivity contribution in [2.75, 3.05) is 18.0 Å². The van der Waals surface area contributed by atoms with Crippen LogP contribution < -0.4 is 4.90 Å². The van der Waals surface area contributed by atoms with Crippen LogP contribution in [0.4, 0.5) is 11.4 Å². The highest BCUT2D eigenvalue weighted by molar-refractivity contribution is 6.00. The Morgan fingerprint density at radius 2 is 2.04 bits per heavy atom. The summed E-state index contributed by atoms with van der Waals surface area (Å²) in [7, 11) is 0. The van der Waals surface area contributed by atoms with Crippen LogP contribution >= 0.6 is 0 Å². The highest BCUT2D eigenvalue weighted by Gasteiger charge is 2.36. The van der Waals surface area contributed by atoms with Crippen LogP contribution in [0.3, 0.4) is 0 Å². The Kier molecular flexibility index (Phi) is 4.51. The number of rotatable bonds is 4. The van der Waals surface area contributed by atoms with Gasteiger partial charge in [0.2, 0.25) is 11.8 Å². The number of carbonyl (C=O) groups excluding carboxylic acids is 2. The molecular formula is C17H21N3O4. The lowest BCUT2D eigenvalue weighted by molar-refractivity contribution is -0.385. The number of likely N-dealkylation sites (tertiary alicyclic amines) is 1. The third kappa shape index (κ3) is 2.74. The van der Waals surface area contributed by atoms with E-state index < -0.39 is 11.0 Å². The molecule has 0 aromatic heterocycles. The third-order valence-corrected chi connectivity index (χ3v) is 4.85. The minimum Gasteiger partial charge on any atom is -0.331 e. The number of fused-ring (bicyclic) bond motifs is 1. The number of nitro groups is 1. The van der Waals surface area contributed by atoms with Crippen molar-refractivity contribution in [2.24, 2.45) is 0 Å². The van der Waals surface area contributed by atoms with Crippen molar-refractivity contribution >= 4 is 23.2 Å². The molecule has 2 aliphatic rings. The second-order valence-electron chi connectivity index (χ2n) is 6.24. The van der Waals surface area contributed by atoms with E-state index >= 15 is 0 Å². The highest BCUT2D eigenvalue weighted by atomic mass is 16.6. The molecule has 1 fully saturated rings. The fourth-order valence-electron chi connectivity index (χ4n) is 3.71. The van der Waals surface area contributed by atoms with Gasteiger partial charge in [0.05, 0.1) is 16.2 Å². The van der Waals surface area contributed by atoms with Crippen LogP contribution in [0.25, 0.3) is 0 Å². The summed E-state index contributed by atoms with van der Waals surface area (Å²) in [5.74, 6) is -0.110. The van der Waals surface area contributed by atoms with Gasteiger partial charge < -0.3 is 9.80 Å². The maximum atomic E-state index is 13.1. The smallest absolute Gasteiger partial charge is 0.274 e. The van der Waals surface area contributed by atoms with E-state index in [1.54, 1.807) is 21.9 Å². The predicted molar refractivity (Wildman–Crippen MR) is 88.8 cm³/mol. The van der Waals surface area contributed by atoms with Crippen LogP contribution in [0.1, 0.15) is 38.2 Å². The van der Waals surface area contributed by atoms with Crippen LogP contribution in [-0.4, -0.2) is 40.8 Å². The number of hydrogen-bond acceptors (Lipinski definition) is 4. The zero-order valence-corrected chi connectivity index (χ0v) is 13.7. The van der Waals surface area contributed by atoms with Gasteiger partial charge in [0.15, 0.2) is 0 Å². The minimum absolute atomic E-state index is 0.0199. The lowest BCUT2D eigenvalue weighted by atomic mass is 9.98. The fourth-order valence-corrected chi connectivity index (χ4v) is 3.71. The van der Waals surface area contributed by atoms with Gasteiger partial charge in [-0.05, 0) is 31.7 Å². The summed E-state index contributed by atoms with van der Waals surface area (Å²) < 4.78 is 0. The van der Waals surface area contributed by atoms with Gasteiger partial charge in [-0.1, -0.05) is 13.0 Å². The molecule has 7 nitrogen and oxygen atoms in total. The van der Waals surface area contributed by atoms with Crippen molar-refractivity contribution in [2.45, 2.75) is 45.1 Å². The average molecular weight is 331 g/mol. The van der Waals surface area contributed by atoms with E-state index in [1.165, 1.54) is 6.07 Å². The number of carbonyl (C=O) groups is 2. The van der Waals surface area contributed by atoms with Gasteiger partial charge in [-0.2, -0.15) is 0 Å². The van der Waals surface area contributed by atoms with E-state index in [2.05, 4.69) is 0 Å². The molecule has 2 heterocycles. The standard InChI is InChI=1S/C17H21N3O4/c1-2-13(18-10-5-9-16(18)21)17(22)19-11-4-6-12-14(19)7-3-8-15(12)20(23)24/h3,7-8,13H,2,4-6,9-11H2,1H3/t13-/m1/s1. The molecule has 128 valence electrons.